The zero-order valence-electron chi connectivity index (χ0n) is 13.5. The van der Waals surface area contributed by atoms with Crippen LogP contribution in [-0.2, 0) is 9.59 Å². The Morgan fingerprint density at radius 1 is 1.35 bits per heavy atom. The van der Waals surface area contributed by atoms with Gasteiger partial charge < -0.3 is 15.1 Å². The van der Waals surface area contributed by atoms with Gasteiger partial charge in [-0.3, -0.25) is 9.59 Å². The second kappa shape index (κ2) is 6.60. The van der Waals surface area contributed by atoms with Gasteiger partial charge in [0.15, 0.2) is 0 Å². The van der Waals surface area contributed by atoms with Crippen LogP contribution < -0.4 is 5.73 Å². The van der Waals surface area contributed by atoms with Crippen LogP contribution in [0.5, 0.6) is 0 Å². The lowest BCUT2D eigenvalue weighted by Crippen LogP contribution is -2.38. The summed E-state index contributed by atoms with van der Waals surface area (Å²) in [6, 6.07) is 3.93. The van der Waals surface area contributed by atoms with Gasteiger partial charge in [-0.25, -0.2) is 0 Å². The van der Waals surface area contributed by atoms with Crippen molar-refractivity contribution >= 4 is 17.9 Å². The van der Waals surface area contributed by atoms with Crippen molar-refractivity contribution in [2.24, 2.45) is 17.6 Å². The van der Waals surface area contributed by atoms with E-state index in [1.165, 1.54) is 6.42 Å². The van der Waals surface area contributed by atoms with Gasteiger partial charge in [-0.15, -0.1) is 0 Å². The third-order valence-corrected chi connectivity index (χ3v) is 4.93. The molecule has 0 aromatic carbocycles. The second-order valence-corrected chi connectivity index (χ2v) is 6.83. The van der Waals surface area contributed by atoms with Crippen molar-refractivity contribution in [3.63, 3.8) is 0 Å². The highest BCUT2D eigenvalue weighted by atomic mass is 16.3. The first-order valence-electron chi connectivity index (χ1n) is 8.38. The van der Waals surface area contributed by atoms with Crippen LogP contribution in [0, 0.1) is 11.8 Å². The number of rotatable bonds is 5. The largest absolute Gasteiger partial charge is 0.461 e. The number of hydrogen-bond donors (Lipinski definition) is 1. The fourth-order valence-corrected chi connectivity index (χ4v) is 3.28. The van der Waals surface area contributed by atoms with Crippen LogP contribution in [-0.4, -0.2) is 29.8 Å². The fourth-order valence-electron chi connectivity index (χ4n) is 3.28. The number of piperidine rings is 1. The summed E-state index contributed by atoms with van der Waals surface area (Å²) in [4.78, 5) is 25.0. The van der Waals surface area contributed by atoms with E-state index in [1.54, 1.807) is 12.2 Å². The molecule has 5 heteroatoms. The highest BCUT2D eigenvalue weighted by Crippen LogP contribution is 2.47. The Hall–Kier alpha value is -2.04. The standard InChI is InChI=1S/C18H24N2O3/c1-12-10-15(12)16-4-2-14(23-16)3-5-18(22)20-8-6-13(7-9-20)11-17(19)21/h2-5,12-13,15H,6-11H2,1H3,(H2,19,21)/b5-3-/t12-,15+/m1/s1. The number of primary amides is 1. The van der Waals surface area contributed by atoms with Gasteiger partial charge in [0.1, 0.15) is 11.5 Å². The molecule has 2 atom stereocenters. The normalized spacial score (nSPS) is 25.0. The summed E-state index contributed by atoms with van der Waals surface area (Å²) in [7, 11) is 0. The van der Waals surface area contributed by atoms with Crippen LogP contribution in [0.2, 0.25) is 0 Å². The molecule has 2 N–H and O–H groups in total. The molecule has 5 nitrogen and oxygen atoms in total. The molecule has 1 saturated heterocycles. The minimum Gasteiger partial charge on any atom is -0.461 e. The van der Waals surface area contributed by atoms with Gasteiger partial charge in [-0.05, 0) is 49.3 Å². The Labute approximate surface area is 136 Å². The number of nitrogens with two attached hydrogens (primary N) is 1. The molecule has 1 aliphatic carbocycles. The summed E-state index contributed by atoms with van der Waals surface area (Å²) < 4.78 is 5.77. The second-order valence-electron chi connectivity index (χ2n) is 6.83. The van der Waals surface area contributed by atoms with Crippen LogP contribution in [0.3, 0.4) is 0 Å². The molecule has 2 heterocycles. The van der Waals surface area contributed by atoms with E-state index in [4.69, 9.17) is 10.2 Å². The third kappa shape index (κ3) is 4.03. The van der Waals surface area contributed by atoms with Crippen molar-refractivity contribution in [1.82, 2.24) is 4.90 Å². The zero-order valence-corrected chi connectivity index (χ0v) is 13.5. The first-order chi connectivity index (χ1) is 11.0. The summed E-state index contributed by atoms with van der Waals surface area (Å²) in [6.45, 7) is 3.59. The van der Waals surface area contributed by atoms with Gasteiger partial charge in [0.2, 0.25) is 11.8 Å². The molecule has 0 unspecified atom stereocenters. The van der Waals surface area contributed by atoms with Crippen molar-refractivity contribution < 1.29 is 14.0 Å². The SMILES string of the molecule is C[C@@H]1C[C@@H]1c1ccc(/C=C\C(=O)N2CCC(CC(N)=O)CC2)o1. The molecule has 1 saturated carbocycles. The molecule has 2 amide bonds. The number of amides is 2. The molecule has 0 bridgehead atoms. The molecular weight excluding hydrogens is 292 g/mol. The predicted octanol–water partition coefficient (Wildman–Crippen LogP) is 2.53. The topological polar surface area (TPSA) is 76.5 Å². The van der Waals surface area contributed by atoms with Gasteiger partial charge in [0.05, 0.1) is 0 Å². The number of carbonyl (C=O) groups excluding carboxylic acids is 2. The molecule has 23 heavy (non-hydrogen) atoms. The summed E-state index contributed by atoms with van der Waals surface area (Å²) in [5, 5.41) is 0. The number of hydrogen-bond acceptors (Lipinski definition) is 3. The monoisotopic (exact) mass is 316 g/mol. The summed E-state index contributed by atoms with van der Waals surface area (Å²) in [5.41, 5.74) is 5.22. The molecule has 2 fully saturated rings. The highest BCUT2D eigenvalue weighted by Gasteiger charge is 2.36. The Morgan fingerprint density at radius 3 is 2.65 bits per heavy atom. The van der Waals surface area contributed by atoms with E-state index < -0.39 is 0 Å². The lowest BCUT2D eigenvalue weighted by molar-refractivity contribution is -0.127. The maximum Gasteiger partial charge on any atom is 0.246 e. The van der Waals surface area contributed by atoms with Crippen LogP contribution >= 0.6 is 0 Å². The third-order valence-electron chi connectivity index (χ3n) is 4.93. The van der Waals surface area contributed by atoms with E-state index in [1.807, 2.05) is 17.0 Å². The Kier molecular flexibility index (Phi) is 4.55. The Morgan fingerprint density at radius 2 is 2.04 bits per heavy atom. The van der Waals surface area contributed by atoms with Gasteiger partial charge >= 0.3 is 0 Å². The van der Waals surface area contributed by atoms with E-state index in [2.05, 4.69) is 6.92 Å². The molecule has 0 spiro atoms. The summed E-state index contributed by atoms with van der Waals surface area (Å²) >= 11 is 0. The first-order valence-corrected chi connectivity index (χ1v) is 8.38. The first kappa shape index (κ1) is 15.8. The molecular formula is C18H24N2O3. The molecule has 1 aliphatic heterocycles. The number of carbonyl (C=O) groups is 2. The maximum atomic E-state index is 12.2. The molecule has 3 rings (SSSR count). The number of likely N-dealkylation sites (tertiary alicyclic amines) is 1. The quantitative estimate of drug-likeness (QED) is 0.848. The van der Waals surface area contributed by atoms with Gasteiger partial charge in [0, 0.05) is 31.5 Å². The lowest BCUT2D eigenvalue weighted by Gasteiger charge is -2.30. The molecule has 1 aromatic heterocycles. The number of furan rings is 1. The van der Waals surface area contributed by atoms with E-state index in [0.29, 0.717) is 37.3 Å². The average molecular weight is 316 g/mol. The van der Waals surface area contributed by atoms with Crippen molar-refractivity contribution in [1.29, 1.82) is 0 Å². The van der Waals surface area contributed by atoms with E-state index in [0.717, 1.165) is 24.4 Å². The average Bonchev–Trinajstić information content (AvgIpc) is 3.07. The van der Waals surface area contributed by atoms with Crippen molar-refractivity contribution in [3.8, 4) is 0 Å². The Balaban J connectivity index is 1.49. The smallest absolute Gasteiger partial charge is 0.246 e. The Bertz CT molecular complexity index is 612. The minimum absolute atomic E-state index is 0.000245. The molecule has 0 radical (unpaired) electrons. The van der Waals surface area contributed by atoms with Crippen LogP contribution in [0.25, 0.3) is 6.08 Å². The summed E-state index contributed by atoms with van der Waals surface area (Å²) in [6.07, 6.45) is 6.62. The maximum absolute atomic E-state index is 12.2. The molecule has 2 aliphatic rings. The van der Waals surface area contributed by atoms with Crippen LogP contribution in [0.1, 0.15) is 50.0 Å². The van der Waals surface area contributed by atoms with Crippen molar-refractivity contribution in [2.75, 3.05) is 13.1 Å². The predicted molar refractivity (Wildman–Crippen MR) is 87.4 cm³/mol. The van der Waals surface area contributed by atoms with E-state index in [9.17, 15) is 9.59 Å². The molecule has 124 valence electrons. The van der Waals surface area contributed by atoms with Gasteiger partial charge in [0.25, 0.3) is 0 Å². The summed E-state index contributed by atoms with van der Waals surface area (Å²) in [5.74, 6) is 3.08. The van der Waals surface area contributed by atoms with Crippen LogP contribution in [0.4, 0.5) is 0 Å². The van der Waals surface area contributed by atoms with Gasteiger partial charge in [-0.2, -0.15) is 0 Å². The zero-order chi connectivity index (χ0) is 16.4. The van der Waals surface area contributed by atoms with E-state index >= 15 is 0 Å². The molecule has 1 aromatic rings. The van der Waals surface area contributed by atoms with Crippen LogP contribution in [0.15, 0.2) is 22.6 Å². The van der Waals surface area contributed by atoms with Crippen molar-refractivity contribution in [2.45, 2.75) is 38.5 Å². The lowest BCUT2D eigenvalue weighted by atomic mass is 9.93. The fraction of sp³-hybridized carbons (Fsp3) is 0.556. The minimum atomic E-state index is -0.256. The van der Waals surface area contributed by atoms with Gasteiger partial charge in [-0.1, -0.05) is 6.92 Å². The highest BCUT2D eigenvalue weighted by molar-refractivity contribution is 5.91. The number of nitrogens with zero attached hydrogens (tertiary/aromatic N) is 1. The van der Waals surface area contributed by atoms with Crippen molar-refractivity contribution in [3.05, 3.63) is 29.7 Å². The van der Waals surface area contributed by atoms with E-state index in [-0.39, 0.29) is 11.8 Å².